The molecule has 0 fully saturated rings. The lowest BCUT2D eigenvalue weighted by atomic mass is 10.1. The minimum absolute atomic E-state index is 0.0570. The molecule has 0 aliphatic carbocycles. The van der Waals surface area contributed by atoms with Crippen molar-refractivity contribution in [3.8, 4) is 0 Å². The summed E-state index contributed by atoms with van der Waals surface area (Å²) in [6.45, 7) is 0. The molecular weight excluding hydrogens is 344 g/mol. The number of amides is 2. The van der Waals surface area contributed by atoms with Crippen LogP contribution in [0.5, 0.6) is 0 Å². The fraction of sp³-hybridized carbons (Fsp3) is 0.615. The molecule has 5 N–H and O–H groups in total. The van der Waals surface area contributed by atoms with Gasteiger partial charge in [-0.3, -0.25) is 19.2 Å². The zero-order valence-electron chi connectivity index (χ0n) is 12.7. The Kier molecular flexibility index (Phi) is 10.2. The van der Waals surface area contributed by atoms with Crippen LogP contribution in [0.3, 0.4) is 0 Å². The Morgan fingerprint density at radius 2 is 1.38 bits per heavy atom. The Hall–Kier alpha value is -2.30. The van der Waals surface area contributed by atoms with Crippen LogP contribution in [0.25, 0.3) is 0 Å². The molecule has 0 aromatic rings. The highest BCUT2D eigenvalue weighted by atomic mass is 32.1. The quantitative estimate of drug-likeness (QED) is 0.191. The van der Waals surface area contributed by atoms with Crippen LogP contribution in [0.15, 0.2) is 0 Å². The van der Waals surface area contributed by atoms with Crippen LogP contribution in [0, 0.1) is 0 Å². The summed E-state index contributed by atoms with van der Waals surface area (Å²) in [6, 6.07) is -3.23. The number of hydrogen-bond acceptors (Lipinski definition) is 6. The molecule has 0 heterocycles. The third-order valence-electron chi connectivity index (χ3n) is 2.84. The molecule has 2 amide bonds. The van der Waals surface area contributed by atoms with Gasteiger partial charge in [-0.2, -0.15) is 12.6 Å². The molecule has 0 aliphatic rings. The van der Waals surface area contributed by atoms with Gasteiger partial charge in [0.2, 0.25) is 11.8 Å². The van der Waals surface area contributed by atoms with Gasteiger partial charge in [0, 0.05) is 6.42 Å². The highest BCUT2D eigenvalue weighted by Crippen LogP contribution is 2.01. The number of carboxylic acid groups (broad SMARTS) is 3. The molecule has 2 atom stereocenters. The van der Waals surface area contributed by atoms with E-state index >= 15 is 0 Å². The van der Waals surface area contributed by atoms with Crippen molar-refractivity contribution in [2.45, 2.75) is 44.2 Å². The molecule has 0 saturated heterocycles. The fourth-order valence-electron chi connectivity index (χ4n) is 1.69. The zero-order chi connectivity index (χ0) is 18.7. The number of rotatable bonds is 12. The van der Waals surface area contributed by atoms with Crippen LogP contribution in [0.4, 0.5) is 0 Å². The van der Waals surface area contributed by atoms with E-state index in [4.69, 9.17) is 15.3 Å². The Labute approximate surface area is 143 Å². The van der Waals surface area contributed by atoms with Crippen LogP contribution >= 0.6 is 12.6 Å². The number of carbonyl (C=O) groups is 5. The van der Waals surface area contributed by atoms with Gasteiger partial charge < -0.3 is 26.0 Å². The van der Waals surface area contributed by atoms with Gasteiger partial charge in [0.25, 0.3) is 0 Å². The second kappa shape index (κ2) is 11.3. The number of thiol groups is 1. The lowest BCUT2D eigenvalue weighted by Crippen LogP contribution is -2.52. The number of carboxylic acids is 3. The van der Waals surface area contributed by atoms with Gasteiger partial charge >= 0.3 is 17.9 Å². The molecule has 0 aliphatic heterocycles. The van der Waals surface area contributed by atoms with E-state index in [2.05, 4.69) is 17.9 Å². The number of carbonyl (C=O) groups excluding carboxylic acids is 2. The van der Waals surface area contributed by atoms with E-state index in [9.17, 15) is 24.0 Å². The summed E-state index contributed by atoms with van der Waals surface area (Å²) in [6.07, 6.45) is -0.429. The first-order valence-corrected chi connectivity index (χ1v) is 7.67. The molecule has 0 rings (SSSR count). The first kappa shape index (κ1) is 21.7. The van der Waals surface area contributed by atoms with Crippen molar-refractivity contribution in [1.82, 2.24) is 10.6 Å². The minimum Gasteiger partial charge on any atom is -0.481 e. The largest absolute Gasteiger partial charge is 0.481 e. The van der Waals surface area contributed by atoms with Crippen molar-refractivity contribution in [3.05, 3.63) is 0 Å². The fourth-order valence-corrected chi connectivity index (χ4v) is 1.92. The van der Waals surface area contributed by atoms with Crippen molar-refractivity contribution in [2.75, 3.05) is 5.75 Å². The molecule has 0 aromatic heterocycles. The second-order valence-electron chi connectivity index (χ2n) is 4.90. The van der Waals surface area contributed by atoms with E-state index in [-0.39, 0.29) is 6.42 Å². The van der Waals surface area contributed by atoms with E-state index in [0.717, 1.165) is 0 Å². The predicted octanol–water partition coefficient (Wildman–Crippen LogP) is -0.910. The summed E-state index contributed by atoms with van der Waals surface area (Å²) in [5.74, 6) is -5.48. The average molecular weight is 364 g/mol. The van der Waals surface area contributed by atoms with Gasteiger partial charge in [0.1, 0.15) is 12.1 Å². The minimum atomic E-state index is -1.73. The highest BCUT2D eigenvalue weighted by Gasteiger charge is 2.29. The Balaban J connectivity index is 4.85. The summed E-state index contributed by atoms with van der Waals surface area (Å²) in [5, 5.41) is 30.4. The Morgan fingerprint density at radius 3 is 1.83 bits per heavy atom. The molecular formula is C13H20N2O8S. The maximum Gasteiger partial charge on any atom is 0.326 e. The Bertz CT molecular complexity index is 496. The summed E-state index contributed by atoms with van der Waals surface area (Å²) in [7, 11) is 0. The van der Waals surface area contributed by atoms with Crippen molar-refractivity contribution >= 4 is 42.4 Å². The molecule has 0 saturated carbocycles. The third-order valence-corrected chi connectivity index (χ3v) is 3.15. The summed E-state index contributed by atoms with van der Waals surface area (Å²) >= 11 is 3.98. The molecule has 136 valence electrons. The molecule has 0 bridgehead atoms. The van der Waals surface area contributed by atoms with Crippen LogP contribution in [0.1, 0.15) is 32.1 Å². The van der Waals surface area contributed by atoms with E-state index in [1.807, 2.05) is 5.32 Å². The smallest absolute Gasteiger partial charge is 0.326 e. The summed E-state index contributed by atoms with van der Waals surface area (Å²) in [4.78, 5) is 56.0. The van der Waals surface area contributed by atoms with E-state index < -0.39 is 54.6 Å². The topological polar surface area (TPSA) is 170 Å². The monoisotopic (exact) mass is 364 g/mol. The first-order valence-electron chi connectivity index (χ1n) is 7.04. The van der Waals surface area contributed by atoms with E-state index in [0.29, 0.717) is 18.6 Å². The lowest BCUT2D eigenvalue weighted by Gasteiger charge is -2.19. The van der Waals surface area contributed by atoms with E-state index in [1.165, 1.54) is 0 Å². The number of unbranched alkanes of at least 4 members (excludes halogenated alkanes) is 1. The van der Waals surface area contributed by atoms with Crippen molar-refractivity contribution < 1.29 is 39.3 Å². The molecule has 0 aromatic carbocycles. The van der Waals surface area contributed by atoms with Gasteiger partial charge in [-0.15, -0.1) is 0 Å². The first-order chi connectivity index (χ1) is 11.2. The standard InChI is InChI=1S/C13H20N2O8S/c16-9(3-1-2-4-24)14-7(5-10(17)18)12(21)15-8(13(22)23)6-11(19)20/h7-8,24H,1-6H2,(H,14,16)(H,15,21)(H,17,18)(H,19,20)(H,22,23). The van der Waals surface area contributed by atoms with Gasteiger partial charge in [0.15, 0.2) is 0 Å². The maximum absolute atomic E-state index is 12.0. The normalized spacial score (nSPS) is 12.7. The molecule has 2 unspecified atom stereocenters. The predicted molar refractivity (Wildman–Crippen MR) is 83.7 cm³/mol. The summed E-state index contributed by atoms with van der Waals surface area (Å²) < 4.78 is 0. The lowest BCUT2D eigenvalue weighted by molar-refractivity contribution is -0.148. The molecule has 0 radical (unpaired) electrons. The summed E-state index contributed by atoms with van der Waals surface area (Å²) in [5.41, 5.74) is 0. The van der Waals surface area contributed by atoms with Crippen molar-refractivity contribution in [1.29, 1.82) is 0 Å². The maximum atomic E-state index is 12.0. The van der Waals surface area contributed by atoms with Crippen LogP contribution in [0.2, 0.25) is 0 Å². The second-order valence-corrected chi connectivity index (χ2v) is 5.34. The van der Waals surface area contributed by atoms with E-state index in [1.54, 1.807) is 0 Å². The van der Waals surface area contributed by atoms with Crippen LogP contribution in [-0.4, -0.2) is 62.9 Å². The molecule has 24 heavy (non-hydrogen) atoms. The molecule has 0 spiro atoms. The Morgan fingerprint density at radius 1 is 0.833 bits per heavy atom. The molecule has 11 heteroatoms. The number of nitrogens with one attached hydrogen (secondary N) is 2. The van der Waals surface area contributed by atoms with Gasteiger partial charge in [-0.25, -0.2) is 4.79 Å². The van der Waals surface area contributed by atoms with Crippen molar-refractivity contribution in [2.24, 2.45) is 0 Å². The van der Waals surface area contributed by atoms with Gasteiger partial charge in [-0.05, 0) is 18.6 Å². The molecule has 10 nitrogen and oxygen atoms in total. The van der Waals surface area contributed by atoms with Crippen molar-refractivity contribution in [3.63, 3.8) is 0 Å². The van der Waals surface area contributed by atoms with Gasteiger partial charge in [0.05, 0.1) is 12.8 Å². The SMILES string of the molecule is O=C(O)CC(NC(=O)C(CC(=O)O)NC(=O)CCCCS)C(=O)O. The number of aliphatic carboxylic acids is 3. The highest BCUT2D eigenvalue weighted by molar-refractivity contribution is 7.80. The van der Waals surface area contributed by atoms with Gasteiger partial charge in [-0.1, -0.05) is 0 Å². The zero-order valence-corrected chi connectivity index (χ0v) is 13.6. The third kappa shape index (κ3) is 9.66. The average Bonchev–Trinajstić information content (AvgIpc) is 2.45. The van der Waals surface area contributed by atoms with Crippen LogP contribution in [-0.2, 0) is 24.0 Å². The van der Waals surface area contributed by atoms with Crippen LogP contribution < -0.4 is 10.6 Å². The number of hydrogen-bond donors (Lipinski definition) is 6.